The van der Waals surface area contributed by atoms with Gasteiger partial charge in [-0.3, -0.25) is 4.79 Å². The minimum absolute atomic E-state index is 0.123. The monoisotopic (exact) mass is 168 g/mol. The fourth-order valence-corrected chi connectivity index (χ4v) is 0.720. The van der Waals surface area contributed by atoms with Crippen LogP contribution in [0.2, 0.25) is 0 Å². The van der Waals surface area contributed by atoms with Crippen molar-refractivity contribution in [3.05, 3.63) is 24.3 Å². The highest BCUT2D eigenvalue weighted by molar-refractivity contribution is 5.69. The highest BCUT2D eigenvalue weighted by Gasteiger charge is 1.96. The second-order valence-electron chi connectivity index (χ2n) is 2.30. The number of hydrogen-bond acceptors (Lipinski definition) is 2. The predicted octanol–water partition coefficient (Wildman–Crippen LogP) is 2.46. The summed E-state index contributed by atoms with van der Waals surface area (Å²) in [6.45, 7) is 4.24. The van der Waals surface area contributed by atoms with E-state index in [2.05, 4.69) is 0 Å². The summed E-state index contributed by atoms with van der Waals surface area (Å²) in [6.07, 6.45) is 8.99. The molecule has 0 aromatic rings. The summed E-state index contributed by atoms with van der Waals surface area (Å²) >= 11 is 0. The first kappa shape index (κ1) is 11.0. The highest BCUT2D eigenvalue weighted by Crippen LogP contribution is 1.94. The number of carbonyl (C=O) groups excluding carboxylic acids is 1. The Morgan fingerprint density at radius 2 is 2.17 bits per heavy atom. The summed E-state index contributed by atoms with van der Waals surface area (Å²) in [5, 5.41) is 0. The van der Waals surface area contributed by atoms with Gasteiger partial charge in [0.2, 0.25) is 0 Å². The second kappa shape index (κ2) is 8.05. The Balaban J connectivity index is 3.36. The summed E-state index contributed by atoms with van der Waals surface area (Å²) in [5.74, 6) is -0.123. The van der Waals surface area contributed by atoms with Crippen LogP contribution in [0, 0.1) is 0 Å². The van der Waals surface area contributed by atoms with E-state index in [1.165, 1.54) is 0 Å². The van der Waals surface area contributed by atoms with Crippen molar-refractivity contribution in [2.45, 2.75) is 26.7 Å². The van der Waals surface area contributed by atoms with Gasteiger partial charge in [0.15, 0.2) is 0 Å². The molecule has 0 rings (SSSR count). The Morgan fingerprint density at radius 3 is 2.75 bits per heavy atom. The van der Waals surface area contributed by atoms with Gasteiger partial charge in [-0.25, -0.2) is 0 Å². The predicted molar refractivity (Wildman–Crippen MR) is 49.8 cm³/mol. The number of carbonyl (C=O) groups is 1. The van der Waals surface area contributed by atoms with Crippen LogP contribution in [-0.4, -0.2) is 12.6 Å². The maximum absolute atomic E-state index is 10.8. The van der Waals surface area contributed by atoms with E-state index in [-0.39, 0.29) is 5.97 Å². The van der Waals surface area contributed by atoms with Gasteiger partial charge in [0.1, 0.15) is 0 Å². The van der Waals surface area contributed by atoms with Crippen LogP contribution < -0.4 is 0 Å². The highest BCUT2D eigenvalue weighted by atomic mass is 16.5. The minimum atomic E-state index is -0.123. The summed E-state index contributed by atoms with van der Waals surface area (Å²) in [4.78, 5) is 10.8. The van der Waals surface area contributed by atoms with Gasteiger partial charge < -0.3 is 4.74 Å². The smallest absolute Gasteiger partial charge is 0.306 e. The molecule has 2 heteroatoms. The van der Waals surface area contributed by atoms with E-state index in [0.29, 0.717) is 13.0 Å². The summed E-state index contributed by atoms with van der Waals surface area (Å²) in [5.41, 5.74) is 0. The molecule has 0 N–H and O–H groups in total. The zero-order chi connectivity index (χ0) is 9.23. The quantitative estimate of drug-likeness (QED) is 0.465. The molecular weight excluding hydrogens is 152 g/mol. The van der Waals surface area contributed by atoms with Gasteiger partial charge in [0.05, 0.1) is 6.61 Å². The van der Waals surface area contributed by atoms with Crippen molar-refractivity contribution in [1.82, 2.24) is 0 Å². The molecule has 0 bridgehead atoms. The molecule has 0 aromatic heterocycles. The second-order valence-corrected chi connectivity index (χ2v) is 2.30. The zero-order valence-corrected chi connectivity index (χ0v) is 7.75. The van der Waals surface area contributed by atoms with Crippen molar-refractivity contribution in [3.63, 3.8) is 0 Å². The van der Waals surface area contributed by atoms with E-state index in [1.807, 2.05) is 38.2 Å². The molecule has 0 aromatic carbocycles. The molecular formula is C10H16O2. The molecule has 12 heavy (non-hydrogen) atoms. The van der Waals surface area contributed by atoms with Crippen molar-refractivity contribution in [2.24, 2.45) is 0 Å². The van der Waals surface area contributed by atoms with E-state index in [4.69, 9.17) is 4.74 Å². The lowest BCUT2D eigenvalue weighted by molar-refractivity contribution is -0.142. The molecule has 0 spiro atoms. The molecule has 0 fully saturated rings. The standard InChI is InChI=1S/C10H16O2/c1-3-5-6-7-8-9-10(11)12-4-2/h3,5-7H,4,8-9H2,1-2H3/b5-3+,7-6-. The lowest BCUT2D eigenvalue weighted by Crippen LogP contribution is -2.02. The lowest BCUT2D eigenvalue weighted by Gasteiger charge is -1.97. The van der Waals surface area contributed by atoms with E-state index in [9.17, 15) is 4.79 Å². The Kier molecular flexibility index (Phi) is 7.35. The first-order chi connectivity index (χ1) is 5.81. The van der Waals surface area contributed by atoms with Crippen LogP contribution in [-0.2, 0) is 9.53 Å². The maximum atomic E-state index is 10.8. The third-order valence-electron chi connectivity index (χ3n) is 1.26. The fraction of sp³-hybridized carbons (Fsp3) is 0.500. The van der Waals surface area contributed by atoms with Crippen LogP contribution in [0.4, 0.5) is 0 Å². The molecule has 0 atom stereocenters. The molecule has 0 saturated carbocycles. The number of rotatable bonds is 5. The number of esters is 1. The summed E-state index contributed by atoms with van der Waals surface area (Å²) < 4.78 is 4.76. The van der Waals surface area contributed by atoms with E-state index >= 15 is 0 Å². The SMILES string of the molecule is C/C=C/C=C\CCC(=O)OCC. The number of allylic oxidation sites excluding steroid dienone is 4. The van der Waals surface area contributed by atoms with Crippen LogP contribution in [0.5, 0.6) is 0 Å². The van der Waals surface area contributed by atoms with Gasteiger partial charge >= 0.3 is 5.97 Å². The Morgan fingerprint density at radius 1 is 1.42 bits per heavy atom. The average molecular weight is 168 g/mol. The zero-order valence-electron chi connectivity index (χ0n) is 7.75. The van der Waals surface area contributed by atoms with Gasteiger partial charge in [-0.1, -0.05) is 24.3 Å². The average Bonchev–Trinajstić information content (AvgIpc) is 2.05. The van der Waals surface area contributed by atoms with E-state index in [1.54, 1.807) is 0 Å². The van der Waals surface area contributed by atoms with Crippen molar-refractivity contribution in [3.8, 4) is 0 Å². The van der Waals surface area contributed by atoms with Gasteiger partial charge in [-0.15, -0.1) is 0 Å². The molecule has 0 unspecified atom stereocenters. The first-order valence-electron chi connectivity index (χ1n) is 4.24. The molecule has 0 aliphatic heterocycles. The van der Waals surface area contributed by atoms with Gasteiger partial charge in [0.25, 0.3) is 0 Å². The van der Waals surface area contributed by atoms with Crippen molar-refractivity contribution in [1.29, 1.82) is 0 Å². The lowest BCUT2D eigenvalue weighted by atomic mass is 10.3. The number of hydrogen-bond donors (Lipinski definition) is 0. The molecule has 0 amide bonds. The Labute approximate surface area is 73.9 Å². The van der Waals surface area contributed by atoms with Gasteiger partial charge in [0, 0.05) is 6.42 Å². The maximum Gasteiger partial charge on any atom is 0.306 e. The molecule has 2 nitrogen and oxygen atoms in total. The molecule has 0 aliphatic carbocycles. The van der Waals surface area contributed by atoms with Crippen LogP contribution in [0.3, 0.4) is 0 Å². The van der Waals surface area contributed by atoms with Gasteiger partial charge in [-0.05, 0) is 20.3 Å². The van der Waals surface area contributed by atoms with Crippen LogP contribution in [0.25, 0.3) is 0 Å². The first-order valence-corrected chi connectivity index (χ1v) is 4.24. The molecule has 68 valence electrons. The molecule has 0 saturated heterocycles. The fourth-order valence-electron chi connectivity index (χ4n) is 0.720. The normalized spacial score (nSPS) is 11.2. The molecule has 0 heterocycles. The van der Waals surface area contributed by atoms with Crippen molar-refractivity contribution >= 4 is 5.97 Å². The minimum Gasteiger partial charge on any atom is -0.466 e. The third-order valence-corrected chi connectivity index (χ3v) is 1.26. The van der Waals surface area contributed by atoms with Crippen molar-refractivity contribution in [2.75, 3.05) is 6.61 Å². The largest absolute Gasteiger partial charge is 0.466 e. The Bertz CT molecular complexity index is 169. The summed E-state index contributed by atoms with van der Waals surface area (Å²) in [7, 11) is 0. The Hall–Kier alpha value is -1.05. The van der Waals surface area contributed by atoms with Crippen LogP contribution in [0.1, 0.15) is 26.7 Å². The molecule has 0 aliphatic rings. The van der Waals surface area contributed by atoms with Crippen LogP contribution in [0.15, 0.2) is 24.3 Å². The molecule has 0 radical (unpaired) electrons. The topological polar surface area (TPSA) is 26.3 Å². The van der Waals surface area contributed by atoms with E-state index in [0.717, 1.165) is 6.42 Å². The number of ether oxygens (including phenoxy) is 1. The van der Waals surface area contributed by atoms with Gasteiger partial charge in [-0.2, -0.15) is 0 Å². The summed E-state index contributed by atoms with van der Waals surface area (Å²) in [6, 6.07) is 0. The van der Waals surface area contributed by atoms with Crippen molar-refractivity contribution < 1.29 is 9.53 Å². The van der Waals surface area contributed by atoms with Crippen LogP contribution >= 0.6 is 0 Å². The van der Waals surface area contributed by atoms with E-state index < -0.39 is 0 Å². The third kappa shape index (κ3) is 7.06.